The summed E-state index contributed by atoms with van der Waals surface area (Å²) >= 11 is 0. The first kappa shape index (κ1) is 8.17. The number of hydrogen-bond acceptors (Lipinski definition) is 2. The average molecular weight is 128 g/mol. The first-order valence-electron chi connectivity index (χ1n) is 2.69. The van der Waals surface area contributed by atoms with Gasteiger partial charge < -0.3 is 10.6 Å². The van der Waals surface area contributed by atoms with E-state index in [0.29, 0.717) is 5.57 Å². The third kappa shape index (κ3) is 2.28. The average Bonchev–Trinajstić information content (AvgIpc) is 1.84. The second kappa shape index (κ2) is 3.25. The minimum absolute atomic E-state index is 0.0995. The van der Waals surface area contributed by atoms with Crippen LogP contribution in [0.4, 0.5) is 0 Å². The normalized spacial score (nSPS) is 8.78. The highest BCUT2D eigenvalue weighted by atomic mass is 16.2. The minimum Gasteiger partial charge on any atom is -0.345 e. The zero-order valence-electron chi connectivity index (χ0n) is 5.85. The van der Waals surface area contributed by atoms with Gasteiger partial charge in [0.2, 0.25) is 5.91 Å². The molecule has 3 heteroatoms. The zero-order valence-corrected chi connectivity index (χ0v) is 5.85. The molecule has 0 aromatic rings. The maximum Gasteiger partial charge on any atom is 0.249 e. The van der Waals surface area contributed by atoms with Gasteiger partial charge in [0.1, 0.15) is 0 Å². The molecule has 52 valence electrons. The maximum atomic E-state index is 10.8. The van der Waals surface area contributed by atoms with E-state index in [9.17, 15) is 4.79 Å². The van der Waals surface area contributed by atoms with Crippen molar-refractivity contribution in [3.8, 4) is 0 Å². The molecule has 0 spiro atoms. The van der Waals surface area contributed by atoms with E-state index in [1.165, 1.54) is 4.90 Å². The van der Waals surface area contributed by atoms with Crippen LogP contribution in [0, 0.1) is 0 Å². The summed E-state index contributed by atoms with van der Waals surface area (Å²) in [6, 6.07) is 0. The molecule has 0 aliphatic heterocycles. The van der Waals surface area contributed by atoms with Gasteiger partial charge in [0.05, 0.1) is 0 Å². The summed E-state index contributed by atoms with van der Waals surface area (Å²) in [6.07, 6.45) is 0. The highest BCUT2D eigenvalue weighted by molar-refractivity contribution is 5.92. The van der Waals surface area contributed by atoms with Crippen LogP contribution in [-0.2, 0) is 4.79 Å². The van der Waals surface area contributed by atoms with Crippen LogP contribution in [0.25, 0.3) is 0 Å². The van der Waals surface area contributed by atoms with E-state index >= 15 is 0 Å². The molecule has 2 N–H and O–H groups in total. The summed E-state index contributed by atoms with van der Waals surface area (Å²) in [5, 5.41) is 0. The molecular weight excluding hydrogens is 116 g/mol. The van der Waals surface area contributed by atoms with Crippen molar-refractivity contribution in [3.05, 3.63) is 12.2 Å². The van der Waals surface area contributed by atoms with Crippen LogP contribution in [0.1, 0.15) is 0 Å². The highest BCUT2D eigenvalue weighted by Gasteiger charge is 2.05. The van der Waals surface area contributed by atoms with Crippen molar-refractivity contribution in [2.75, 3.05) is 20.6 Å². The van der Waals surface area contributed by atoms with E-state index in [0.717, 1.165) is 0 Å². The third-order valence-electron chi connectivity index (χ3n) is 0.955. The summed E-state index contributed by atoms with van der Waals surface area (Å²) < 4.78 is 0. The predicted octanol–water partition coefficient (Wildman–Crippen LogP) is -0.410. The van der Waals surface area contributed by atoms with Crippen molar-refractivity contribution in [3.63, 3.8) is 0 Å². The molecule has 0 aliphatic carbocycles. The lowest BCUT2D eigenvalue weighted by atomic mass is 10.3. The standard InChI is InChI=1S/C6H12N2O/c1-5(4-7)6(9)8(2)3/h1,4,7H2,2-3H3. The topological polar surface area (TPSA) is 46.3 Å². The maximum absolute atomic E-state index is 10.8. The smallest absolute Gasteiger partial charge is 0.249 e. The number of likely N-dealkylation sites (N-methyl/N-ethyl adjacent to an activating group) is 1. The fourth-order valence-electron chi connectivity index (χ4n) is 0.404. The van der Waals surface area contributed by atoms with Crippen molar-refractivity contribution < 1.29 is 4.79 Å². The Balaban J connectivity index is 3.89. The molecule has 1 amide bonds. The SMILES string of the molecule is C=C(CN)C(=O)N(C)C. The second-order valence-electron chi connectivity index (χ2n) is 2.01. The molecule has 9 heavy (non-hydrogen) atoms. The first-order chi connectivity index (χ1) is 4.09. The van der Waals surface area contributed by atoms with E-state index in [4.69, 9.17) is 5.73 Å². The molecule has 0 radical (unpaired) electrons. The largest absolute Gasteiger partial charge is 0.345 e. The molecule has 0 fully saturated rings. The highest BCUT2D eigenvalue weighted by Crippen LogP contribution is 1.90. The van der Waals surface area contributed by atoms with E-state index in [2.05, 4.69) is 6.58 Å². The number of carbonyl (C=O) groups is 1. The van der Waals surface area contributed by atoms with Gasteiger partial charge in [-0.15, -0.1) is 0 Å². The number of rotatable bonds is 2. The molecule has 0 aromatic carbocycles. The molecule has 0 rings (SSSR count). The van der Waals surface area contributed by atoms with Crippen molar-refractivity contribution in [1.82, 2.24) is 4.90 Å². The van der Waals surface area contributed by atoms with Crippen LogP contribution >= 0.6 is 0 Å². The Morgan fingerprint density at radius 3 is 2.22 bits per heavy atom. The second-order valence-corrected chi connectivity index (χ2v) is 2.01. The Labute approximate surface area is 55.1 Å². The molecule has 0 aromatic heterocycles. The fourth-order valence-corrected chi connectivity index (χ4v) is 0.404. The van der Waals surface area contributed by atoms with Crippen LogP contribution in [0.3, 0.4) is 0 Å². The van der Waals surface area contributed by atoms with E-state index in [1.807, 2.05) is 0 Å². The predicted molar refractivity (Wildman–Crippen MR) is 36.9 cm³/mol. The van der Waals surface area contributed by atoms with Crippen LogP contribution < -0.4 is 5.73 Å². The van der Waals surface area contributed by atoms with Crippen LogP contribution in [0.2, 0.25) is 0 Å². The Bertz CT molecular complexity index is 129. The van der Waals surface area contributed by atoms with Crippen LogP contribution in [-0.4, -0.2) is 31.4 Å². The lowest BCUT2D eigenvalue weighted by molar-refractivity contribution is -0.124. The number of amides is 1. The zero-order chi connectivity index (χ0) is 7.44. The lowest BCUT2D eigenvalue weighted by Crippen LogP contribution is -2.26. The van der Waals surface area contributed by atoms with Gasteiger partial charge in [0.25, 0.3) is 0 Å². The minimum atomic E-state index is -0.0995. The molecule has 0 saturated heterocycles. The Hall–Kier alpha value is -0.830. The van der Waals surface area contributed by atoms with Crippen LogP contribution in [0.5, 0.6) is 0 Å². The number of carbonyl (C=O) groups excluding carboxylic acids is 1. The number of nitrogens with zero attached hydrogens (tertiary/aromatic N) is 1. The van der Waals surface area contributed by atoms with Crippen LogP contribution in [0.15, 0.2) is 12.2 Å². The Kier molecular flexibility index (Phi) is 2.95. The Morgan fingerprint density at radius 1 is 1.67 bits per heavy atom. The van der Waals surface area contributed by atoms with Crippen molar-refractivity contribution in [2.45, 2.75) is 0 Å². The Morgan fingerprint density at radius 2 is 2.11 bits per heavy atom. The summed E-state index contributed by atoms with van der Waals surface area (Å²) in [6.45, 7) is 3.71. The molecule has 0 heterocycles. The van der Waals surface area contributed by atoms with Crippen molar-refractivity contribution in [1.29, 1.82) is 0 Å². The van der Waals surface area contributed by atoms with Gasteiger partial charge in [-0.05, 0) is 0 Å². The first-order valence-corrected chi connectivity index (χ1v) is 2.69. The summed E-state index contributed by atoms with van der Waals surface area (Å²) in [4.78, 5) is 12.3. The monoisotopic (exact) mass is 128 g/mol. The lowest BCUT2D eigenvalue weighted by Gasteiger charge is -2.09. The van der Waals surface area contributed by atoms with Gasteiger partial charge in [0.15, 0.2) is 0 Å². The van der Waals surface area contributed by atoms with Gasteiger partial charge in [-0.2, -0.15) is 0 Å². The van der Waals surface area contributed by atoms with E-state index in [1.54, 1.807) is 14.1 Å². The molecule has 0 bridgehead atoms. The van der Waals surface area contributed by atoms with Crippen molar-refractivity contribution in [2.24, 2.45) is 5.73 Å². The third-order valence-corrected chi connectivity index (χ3v) is 0.955. The number of nitrogens with two attached hydrogens (primary N) is 1. The van der Waals surface area contributed by atoms with Gasteiger partial charge >= 0.3 is 0 Å². The molecular formula is C6H12N2O. The fraction of sp³-hybridized carbons (Fsp3) is 0.500. The molecule has 3 nitrogen and oxygen atoms in total. The van der Waals surface area contributed by atoms with Gasteiger partial charge in [0, 0.05) is 26.2 Å². The molecule has 0 saturated carbocycles. The molecule has 0 aliphatic rings. The quantitative estimate of drug-likeness (QED) is 0.514. The van der Waals surface area contributed by atoms with Gasteiger partial charge in [-0.1, -0.05) is 6.58 Å². The number of hydrogen-bond donors (Lipinski definition) is 1. The molecule has 0 atom stereocenters. The van der Waals surface area contributed by atoms with Gasteiger partial charge in [-0.25, -0.2) is 0 Å². The van der Waals surface area contributed by atoms with Gasteiger partial charge in [-0.3, -0.25) is 4.79 Å². The van der Waals surface area contributed by atoms with Crippen molar-refractivity contribution >= 4 is 5.91 Å². The van der Waals surface area contributed by atoms with E-state index < -0.39 is 0 Å². The summed E-state index contributed by atoms with van der Waals surface area (Å²) in [5.74, 6) is -0.0995. The summed E-state index contributed by atoms with van der Waals surface area (Å²) in [5.41, 5.74) is 5.61. The summed E-state index contributed by atoms with van der Waals surface area (Å²) in [7, 11) is 3.34. The molecule has 0 unspecified atom stereocenters. The van der Waals surface area contributed by atoms with E-state index in [-0.39, 0.29) is 12.5 Å².